The van der Waals surface area contributed by atoms with Crippen molar-refractivity contribution in [3.8, 4) is 0 Å². The third-order valence-electron chi connectivity index (χ3n) is 11.6. The monoisotopic (exact) mass is 1260 g/mol. The molecular weight excluding hydrogens is 1150 g/mol. The Labute approximate surface area is 496 Å². The highest BCUT2D eigenvalue weighted by molar-refractivity contribution is 7.99. The largest absolute Gasteiger partial charge is 0.500 e. The Balaban J connectivity index is -0.000000470. The van der Waals surface area contributed by atoms with Crippen LogP contribution in [0.15, 0.2) is 0 Å². The molecule has 4 amide bonds. The van der Waals surface area contributed by atoms with Crippen LogP contribution in [0.2, 0.25) is 24.2 Å². The molecule has 0 aliphatic rings. The van der Waals surface area contributed by atoms with Crippen molar-refractivity contribution in [1.29, 1.82) is 0 Å². The first-order valence-electron chi connectivity index (χ1n) is 26.7. The van der Waals surface area contributed by atoms with Gasteiger partial charge in [-0.1, -0.05) is 34.6 Å². The molecule has 0 aromatic rings. The fourth-order valence-corrected chi connectivity index (χ4v) is 20.1. The fourth-order valence-electron chi connectivity index (χ4n) is 7.05. The van der Waals surface area contributed by atoms with Crippen LogP contribution in [0.1, 0.15) is 94.9 Å². The van der Waals surface area contributed by atoms with Crippen molar-refractivity contribution in [3.63, 3.8) is 0 Å². The van der Waals surface area contributed by atoms with E-state index in [9.17, 15) is 19.2 Å². The Hall–Kier alpha value is -0.332. The molecule has 3 N–H and O–H groups in total. The van der Waals surface area contributed by atoms with Gasteiger partial charge in [-0.25, -0.2) is 0 Å². The minimum Gasteiger partial charge on any atom is -0.377 e. The lowest BCUT2D eigenvalue weighted by Gasteiger charge is -2.28. The number of carbonyl (C=O) groups excluding carboxylic acids is 4. The summed E-state index contributed by atoms with van der Waals surface area (Å²) < 4.78 is 65.7. The highest BCUT2D eigenvalue weighted by Gasteiger charge is 2.41. The molecule has 0 heterocycles. The number of hydrogen-bond donors (Lipinski definition) is 2. The summed E-state index contributed by atoms with van der Waals surface area (Å²) in [6, 6.07) is 3.44. The van der Waals surface area contributed by atoms with Crippen LogP contribution in [0, 0.1) is 16.7 Å². The van der Waals surface area contributed by atoms with Gasteiger partial charge in [-0.2, -0.15) is 47.0 Å². The molecule has 0 aromatic carbocycles. The number of primary amides is 1. The molecule has 0 saturated carbocycles. The van der Waals surface area contributed by atoms with E-state index < -0.39 is 40.6 Å². The summed E-state index contributed by atoms with van der Waals surface area (Å²) in [4.78, 5) is 49.0. The molecule has 0 bridgehead atoms. The molecule has 0 fully saturated rings. The van der Waals surface area contributed by atoms with E-state index in [1.807, 2.05) is 85.8 Å². The molecule has 20 nitrogen and oxygen atoms in total. The first-order valence-corrected chi connectivity index (χ1v) is 39.0. The van der Waals surface area contributed by atoms with Gasteiger partial charge in [0, 0.05) is 178 Å². The Bertz CT molecular complexity index is 1490. The maximum atomic E-state index is 12.0. The number of nitrogens with one attached hydrogen (secondary N) is 1. The third kappa shape index (κ3) is 38.5. The predicted molar refractivity (Wildman–Crippen MR) is 335 cm³/mol. The molecule has 468 valence electrons. The number of nitrogens with two attached hydrogens (primary N) is 1. The minimum absolute atomic E-state index is 0.0210. The van der Waals surface area contributed by atoms with Gasteiger partial charge in [0.1, 0.15) is 0 Å². The van der Waals surface area contributed by atoms with Crippen molar-refractivity contribution in [1.82, 2.24) is 15.1 Å². The van der Waals surface area contributed by atoms with Gasteiger partial charge < -0.3 is 74.0 Å². The zero-order valence-electron chi connectivity index (χ0n) is 52.7. The van der Waals surface area contributed by atoms with E-state index in [2.05, 4.69) is 5.32 Å². The number of hydrogen-bond acceptors (Lipinski definition) is 20. The van der Waals surface area contributed by atoms with Crippen molar-refractivity contribution in [2.24, 2.45) is 22.5 Å². The molecule has 0 aliphatic heterocycles. The second kappa shape index (κ2) is 48.0. The number of carbonyl (C=O) groups is 4. The molecule has 0 aliphatic carbocycles. The molecule has 0 rings (SSSR count). The van der Waals surface area contributed by atoms with Crippen molar-refractivity contribution in [2.45, 2.75) is 125 Å². The Morgan fingerprint density at radius 1 is 0.500 bits per heavy atom. The second-order valence-electron chi connectivity index (χ2n) is 19.6. The van der Waals surface area contributed by atoms with E-state index in [-0.39, 0.29) is 41.0 Å². The molecule has 0 saturated heterocycles. The van der Waals surface area contributed by atoms with Gasteiger partial charge in [0.05, 0.1) is 10.8 Å². The summed E-state index contributed by atoms with van der Waals surface area (Å²) in [7, 11) is 12.0. The van der Waals surface area contributed by atoms with Crippen LogP contribution >= 0.6 is 47.0 Å². The molecule has 2 atom stereocenters. The summed E-state index contributed by atoms with van der Waals surface area (Å²) in [5.74, 6) is 7.39. The SMILES string of the molecule is CCO[Si](CCCSCC(C)C(=O)N(C)C)(OCC)OCC.CO[Si](CCCSCC(C)(C)C(=O)N(C)C)(OC)OC.CO[Si](CCCSCC(C)(C)C(N)=O)(OC)OC.CO[Si](CCCSCC(C)NC(C)=O)(OC)OC. The van der Waals surface area contributed by atoms with Gasteiger partial charge in [-0.05, 0) is 76.4 Å². The summed E-state index contributed by atoms with van der Waals surface area (Å²) in [5.41, 5.74) is 4.53. The topological polar surface area (TPSA) is 224 Å². The molecule has 0 aromatic heterocycles. The van der Waals surface area contributed by atoms with Gasteiger partial charge in [0.2, 0.25) is 23.6 Å². The number of rotatable bonds is 43. The molecule has 78 heavy (non-hydrogen) atoms. The van der Waals surface area contributed by atoms with Crippen molar-refractivity contribution in [3.05, 3.63) is 0 Å². The Morgan fingerprint density at radius 2 is 0.808 bits per heavy atom. The number of thioether (sulfide) groups is 4. The van der Waals surface area contributed by atoms with Crippen LogP contribution in [0.3, 0.4) is 0 Å². The first kappa shape index (κ1) is 84.1. The Morgan fingerprint density at radius 3 is 1.09 bits per heavy atom. The minimum atomic E-state index is -2.50. The van der Waals surface area contributed by atoms with Gasteiger partial charge >= 0.3 is 35.2 Å². The normalized spacial score (nSPS) is 13.0. The molecular formula is C50H112N4O16S4Si4. The first-order chi connectivity index (χ1) is 36.5. The summed E-state index contributed by atoms with van der Waals surface area (Å²) in [6.07, 6.45) is 3.86. The lowest BCUT2D eigenvalue weighted by molar-refractivity contribution is -0.136. The lowest BCUT2D eigenvalue weighted by Crippen LogP contribution is -2.46. The van der Waals surface area contributed by atoms with Crippen molar-refractivity contribution >= 4 is 106 Å². The van der Waals surface area contributed by atoms with Crippen LogP contribution in [-0.4, -0.2) is 233 Å². The maximum absolute atomic E-state index is 12.0. The van der Waals surface area contributed by atoms with E-state index in [1.54, 1.807) is 126 Å². The third-order valence-corrected chi connectivity index (χ3v) is 28.9. The molecule has 28 heteroatoms. The number of nitrogens with zero attached hydrogens (tertiary/aromatic N) is 2. The van der Waals surface area contributed by atoms with E-state index in [0.717, 1.165) is 95.9 Å². The molecule has 2 unspecified atom stereocenters. The fraction of sp³-hybridized carbons (Fsp3) is 0.920. The van der Waals surface area contributed by atoms with Crippen LogP contribution < -0.4 is 11.1 Å². The second-order valence-corrected chi connectivity index (χ2v) is 36.1. The van der Waals surface area contributed by atoms with Gasteiger partial charge in [-0.3, -0.25) is 19.2 Å². The highest BCUT2D eigenvalue weighted by atomic mass is 32.2. The van der Waals surface area contributed by atoms with Crippen molar-refractivity contribution in [2.75, 3.05) is 158 Å². The lowest BCUT2D eigenvalue weighted by atomic mass is 9.95. The number of amides is 4. The van der Waals surface area contributed by atoms with Gasteiger partial charge in [0.15, 0.2) is 0 Å². The standard InChI is InChI=1S/C15H33NO4SSi.C13H29NO4SSi.2C11H25NO4SSi/c1-7-18-22(19-8-2,20-9-3)12-10-11-21-13-14(4)15(17)16(5)6;1-13(2,12(15)14(3)4)11-19-9-8-10-20(16-5,17-6)18-7;1-11(2,10(12)13)9-17-7-6-8-18(14-3,15-4)16-5;1-10(12-11(2)13)9-17-7-6-8-18(14-3,15-4)16-5/h14H,7-13H2,1-6H3;8-11H2,1-7H3;6-9H2,1-5H3,(H2,12,13);10H,6-9H2,1-5H3,(H,12,13). The van der Waals surface area contributed by atoms with E-state index in [0.29, 0.717) is 19.8 Å². The van der Waals surface area contributed by atoms with E-state index >= 15 is 0 Å². The summed E-state index contributed by atoms with van der Waals surface area (Å²) in [6.45, 7) is 21.0. The van der Waals surface area contributed by atoms with Crippen molar-refractivity contribution < 1.29 is 72.3 Å². The van der Waals surface area contributed by atoms with E-state index in [1.165, 1.54) is 6.92 Å². The van der Waals surface area contributed by atoms with Gasteiger partial charge in [0.25, 0.3) is 0 Å². The molecule has 0 spiro atoms. The quantitative estimate of drug-likeness (QED) is 0.0436. The zero-order valence-corrected chi connectivity index (χ0v) is 60.0. The van der Waals surface area contributed by atoms with Crippen LogP contribution in [0.5, 0.6) is 0 Å². The van der Waals surface area contributed by atoms with Crippen LogP contribution in [-0.2, 0) is 72.3 Å². The van der Waals surface area contributed by atoms with Crippen LogP contribution in [0.25, 0.3) is 0 Å². The average Bonchev–Trinajstić information content (AvgIpc) is 3.39. The summed E-state index contributed by atoms with van der Waals surface area (Å²) >= 11 is 7.13. The van der Waals surface area contributed by atoms with Crippen LogP contribution in [0.4, 0.5) is 0 Å². The maximum Gasteiger partial charge on any atom is 0.500 e. The molecule has 0 radical (unpaired) electrons. The Kier molecular flexibility index (Phi) is 51.7. The summed E-state index contributed by atoms with van der Waals surface area (Å²) in [5, 5.41) is 2.86. The predicted octanol–water partition coefficient (Wildman–Crippen LogP) is 8.00. The average molecular weight is 1270 g/mol. The zero-order chi connectivity index (χ0) is 61.1. The highest BCUT2D eigenvalue weighted by Crippen LogP contribution is 2.27. The van der Waals surface area contributed by atoms with E-state index in [4.69, 9.17) is 58.8 Å². The van der Waals surface area contributed by atoms with Gasteiger partial charge in [-0.15, -0.1) is 0 Å². The smallest absolute Gasteiger partial charge is 0.377 e.